The van der Waals surface area contributed by atoms with Crippen molar-refractivity contribution in [2.45, 2.75) is 26.7 Å². The average molecular weight is 283 g/mol. The summed E-state index contributed by atoms with van der Waals surface area (Å²) in [6.07, 6.45) is 7.54. The second kappa shape index (κ2) is 5.72. The summed E-state index contributed by atoms with van der Waals surface area (Å²) >= 11 is 0. The Bertz CT molecular complexity index is 684. The van der Waals surface area contributed by atoms with Crippen LogP contribution in [0.4, 0.5) is 0 Å². The smallest absolute Gasteiger partial charge is 0.223 e. The van der Waals surface area contributed by atoms with Gasteiger partial charge in [0, 0.05) is 37.5 Å². The van der Waals surface area contributed by atoms with Crippen molar-refractivity contribution in [2.75, 3.05) is 13.1 Å². The number of aromatic nitrogens is 2. The van der Waals surface area contributed by atoms with E-state index in [1.807, 2.05) is 29.4 Å². The maximum Gasteiger partial charge on any atom is 0.223 e. The van der Waals surface area contributed by atoms with Crippen LogP contribution < -0.4 is 0 Å². The molecule has 0 aromatic carbocycles. The number of H-pyrrole nitrogens is 1. The first-order valence-electron chi connectivity index (χ1n) is 7.54. The summed E-state index contributed by atoms with van der Waals surface area (Å²) in [5, 5.41) is 0. The number of nitrogens with zero attached hydrogens (tertiary/aromatic N) is 2. The van der Waals surface area contributed by atoms with Crippen molar-refractivity contribution in [1.82, 2.24) is 14.9 Å². The first-order valence-corrected chi connectivity index (χ1v) is 7.54. The first kappa shape index (κ1) is 13.9. The van der Waals surface area contributed by atoms with Gasteiger partial charge in [0.2, 0.25) is 5.91 Å². The van der Waals surface area contributed by atoms with E-state index in [2.05, 4.69) is 29.9 Å². The Morgan fingerprint density at radius 3 is 3.05 bits per heavy atom. The van der Waals surface area contributed by atoms with Crippen molar-refractivity contribution in [1.29, 1.82) is 0 Å². The molecule has 0 fully saturated rings. The standard InChI is InChI=1S/C17H21N3O/c1-12(2)10-16(21)20-8-5-13(6-9-20)14-11-19-15-4-3-7-18-17(14)15/h3-5,7,11-12,19H,6,8-10H2,1-2H3. The van der Waals surface area contributed by atoms with Crippen LogP contribution in [0.3, 0.4) is 0 Å². The number of nitrogens with one attached hydrogen (secondary N) is 1. The molecule has 0 unspecified atom stereocenters. The van der Waals surface area contributed by atoms with Crippen LogP contribution in [-0.2, 0) is 4.79 Å². The SMILES string of the molecule is CC(C)CC(=O)N1CC=C(c2c[nH]c3cccnc23)CC1. The predicted molar refractivity (Wildman–Crippen MR) is 84.7 cm³/mol. The summed E-state index contributed by atoms with van der Waals surface area (Å²) < 4.78 is 0. The summed E-state index contributed by atoms with van der Waals surface area (Å²) in [5.41, 5.74) is 4.53. The molecule has 0 saturated heterocycles. The highest BCUT2D eigenvalue weighted by Gasteiger charge is 2.20. The van der Waals surface area contributed by atoms with E-state index < -0.39 is 0 Å². The normalized spacial score (nSPS) is 15.6. The number of hydrogen-bond acceptors (Lipinski definition) is 2. The molecule has 0 bridgehead atoms. The van der Waals surface area contributed by atoms with Crippen molar-refractivity contribution in [3.8, 4) is 0 Å². The molecule has 21 heavy (non-hydrogen) atoms. The molecule has 2 aromatic heterocycles. The van der Waals surface area contributed by atoms with Crippen LogP contribution >= 0.6 is 0 Å². The Kier molecular flexibility index (Phi) is 3.78. The Morgan fingerprint density at radius 1 is 1.48 bits per heavy atom. The van der Waals surface area contributed by atoms with Crippen LogP contribution in [0.15, 0.2) is 30.6 Å². The van der Waals surface area contributed by atoms with Gasteiger partial charge in [0.25, 0.3) is 0 Å². The summed E-state index contributed by atoms with van der Waals surface area (Å²) in [7, 11) is 0. The molecule has 3 rings (SSSR count). The molecule has 0 atom stereocenters. The maximum absolute atomic E-state index is 12.1. The number of hydrogen-bond donors (Lipinski definition) is 1. The minimum atomic E-state index is 0.261. The zero-order chi connectivity index (χ0) is 14.8. The van der Waals surface area contributed by atoms with Gasteiger partial charge >= 0.3 is 0 Å². The number of carbonyl (C=O) groups is 1. The molecule has 0 radical (unpaired) electrons. The first-order chi connectivity index (χ1) is 10.1. The minimum absolute atomic E-state index is 0.261. The zero-order valence-corrected chi connectivity index (χ0v) is 12.6. The number of fused-ring (bicyclic) bond motifs is 1. The summed E-state index contributed by atoms with van der Waals surface area (Å²) in [4.78, 5) is 21.8. The van der Waals surface area contributed by atoms with Gasteiger partial charge in [-0.15, -0.1) is 0 Å². The molecular formula is C17H21N3O. The molecule has 1 aliphatic heterocycles. The fourth-order valence-electron chi connectivity index (χ4n) is 2.82. The van der Waals surface area contributed by atoms with Gasteiger partial charge in [0.1, 0.15) is 0 Å². The van der Waals surface area contributed by atoms with Gasteiger partial charge in [0.15, 0.2) is 0 Å². The van der Waals surface area contributed by atoms with Gasteiger partial charge in [-0.25, -0.2) is 0 Å². The highest BCUT2D eigenvalue weighted by atomic mass is 16.2. The number of carbonyl (C=O) groups excluding carboxylic acids is 1. The third-order valence-electron chi connectivity index (χ3n) is 3.93. The third-order valence-corrected chi connectivity index (χ3v) is 3.93. The molecule has 1 N–H and O–H groups in total. The number of pyridine rings is 1. The van der Waals surface area contributed by atoms with Gasteiger partial charge in [-0.2, -0.15) is 0 Å². The second-order valence-electron chi connectivity index (χ2n) is 6.02. The lowest BCUT2D eigenvalue weighted by Gasteiger charge is -2.27. The highest BCUT2D eigenvalue weighted by Crippen LogP contribution is 2.28. The molecule has 0 aliphatic carbocycles. The fraction of sp³-hybridized carbons (Fsp3) is 0.412. The van der Waals surface area contributed by atoms with Crippen molar-refractivity contribution >= 4 is 22.5 Å². The third kappa shape index (κ3) is 2.84. The van der Waals surface area contributed by atoms with Gasteiger partial charge in [0.05, 0.1) is 11.0 Å². The lowest BCUT2D eigenvalue weighted by atomic mass is 10.00. The minimum Gasteiger partial charge on any atom is -0.359 e. The number of amides is 1. The largest absolute Gasteiger partial charge is 0.359 e. The molecule has 1 amide bonds. The Balaban J connectivity index is 1.77. The number of rotatable bonds is 3. The van der Waals surface area contributed by atoms with E-state index in [1.165, 1.54) is 11.1 Å². The predicted octanol–water partition coefficient (Wildman–Crippen LogP) is 3.22. The quantitative estimate of drug-likeness (QED) is 0.940. The van der Waals surface area contributed by atoms with Crippen molar-refractivity contribution in [3.63, 3.8) is 0 Å². The topological polar surface area (TPSA) is 49.0 Å². The van der Waals surface area contributed by atoms with E-state index in [1.54, 1.807) is 0 Å². The van der Waals surface area contributed by atoms with E-state index in [4.69, 9.17) is 0 Å². The lowest BCUT2D eigenvalue weighted by Crippen LogP contribution is -2.35. The molecule has 0 saturated carbocycles. The zero-order valence-electron chi connectivity index (χ0n) is 12.6. The molecule has 0 spiro atoms. The van der Waals surface area contributed by atoms with Gasteiger partial charge in [-0.05, 0) is 30.0 Å². The molecule has 4 heteroatoms. The van der Waals surface area contributed by atoms with E-state index in [0.717, 1.165) is 24.0 Å². The summed E-state index contributed by atoms with van der Waals surface area (Å²) in [6.45, 7) is 5.68. The molecule has 4 nitrogen and oxygen atoms in total. The lowest BCUT2D eigenvalue weighted by molar-refractivity contribution is -0.131. The summed E-state index contributed by atoms with van der Waals surface area (Å²) in [6, 6.07) is 3.97. The van der Waals surface area contributed by atoms with E-state index in [-0.39, 0.29) is 5.91 Å². The van der Waals surface area contributed by atoms with Crippen LogP contribution in [0.25, 0.3) is 16.6 Å². The van der Waals surface area contributed by atoms with Crippen molar-refractivity contribution < 1.29 is 4.79 Å². The average Bonchev–Trinajstić information content (AvgIpc) is 2.90. The maximum atomic E-state index is 12.1. The van der Waals surface area contributed by atoms with E-state index >= 15 is 0 Å². The second-order valence-corrected chi connectivity index (χ2v) is 6.02. The van der Waals surface area contributed by atoms with Crippen LogP contribution in [0.2, 0.25) is 0 Å². The van der Waals surface area contributed by atoms with E-state index in [9.17, 15) is 4.79 Å². The monoisotopic (exact) mass is 283 g/mol. The van der Waals surface area contributed by atoms with Crippen molar-refractivity contribution in [2.24, 2.45) is 5.92 Å². The Hall–Kier alpha value is -2.10. The van der Waals surface area contributed by atoms with Gasteiger partial charge in [-0.3, -0.25) is 9.78 Å². The van der Waals surface area contributed by atoms with Gasteiger partial charge in [-0.1, -0.05) is 19.9 Å². The fourth-order valence-corrected chi connectivity index (χ4v) is 2.82. The molecular weight excluding hydrogens is 262 g/mol. The molecule has 110 valence electrons. The van der Waals surface area contributed by atoms with Crippen LogP contribution in [-0.4, -0.2) is 33.9 Å². The molecule has 3 heterocycles. The van der Waals surface area contributed by atoms with Crippen LogP contribution in [0.5, 0.6) is 0 Å². The summed E-state index contributed by atoms with van der Waals surface area (Å²) in [5.74, 6) is 0.679. The number of aromatic amines is 1. The molecule has 1 aliphatic rings. The highest BCUT2D eigenvalue weighted by molar-refractivity contribution is 5.90. The van der Waals surface area contributed by atoms with E-state index in [0.29, 0.717) is 18.9 Å². The van der Waals surface area contributed by atoms with Crippen molar-refractivity contribution in [3.05, 3.63) is 36.2 Å². The molecule has 2 aromatic rings. The van der Waals surface area contributed by atoms with Crippen LogP contribution in [0.1, 0.15) is 32.3 Å². The Morgan fingerprint density at radius 2 is 2.33 bits per heavy atom. The van der Waals surface area contributed by atoms with Crippen LogP contribution in [0, 0.1) is 5.92 Å². The van der Waals surface area contributed by atoms with Gasteiger partial charge < -0.3 is 9.88 Å². The Labute approximate surface area is 124 Å².